The van der Waals surface area contributed by atoms with Gasteiger partial charge in [0.05, 0.1) is 7.11 Å². The van der Waals surface area contributed by atoms with Crippen LogP contribution in [0.5, 0.6) is 5.75 Å². The Morgan fingerprint density at radius 2 is 1.65 bits per heavy atom. The molecule has 1 aliphatic rings. The van der Waals surface area contributed by atoms with Crippen molar-refractivity contribution in [3.8, 4) is 5.75 Å². The van der Waals surface area contributed by atoms with Gasteiger partial charge in [-0.05, 0) is 55.3 Å². The molecule has 2 aromatic carbocycles. The van der Waals surface area contributed by atoms with Gasteiger partial charge in [-0.25, -0.2) is 8.42 Å². The van der Waals surface area contributed by atoms with Crippen LogP contribution in [0.4, 0.5) is 5.69 Å². The van der Waals surface area contributed by atoms with Crippen LogP contribution in [0.25, 0.3) is 0 Å². The Kier molecular flexibility index (Phi) is 5.46. The first-order chi connectivity index (χ1) is 12.3. The molecule has 26 heavy (non-hydrogen) atoms. The summed E-state index contributed by atoms with van der Waals surface area (Å²) in [5.41, 5.74) is 2.95. The summed E-state index contributed by atoms with van der Waals surface area (Å²) in [6.45, 7) is 5.93. The van der Waals surface area contributed by atoms with E-state index in [4.69, 9.17) is 16.3 Å². The molecule has 0 spiro atoms. The fourth-order valence-corrected chi connectivity index (χ4v) is 4.95. The number of ether oxygens (including phenoxy) is 1. The van der Waals surface area contributed by atoms with E-state index in [0.717, 1.165) is 16.8 Å². The second-order valence-electron chi connectivity index (χ2n) is 6.46. The third-order valence-electron chi connectivity index (χ3n) is 4.81. The highest BCUT2D eigenvalue weighted by Gasteiger charge is 2.31. The van der Waals surface area contributed by atoms with Crippen LogP contribution in [0.15, 0.2) is 41.3 Å². The number of piperazine rings is 1. The summed E-state index contributed by atoms with van der Waals surface area (Å²) in [5.74, 6) is 0.394. The summed E-state index contributed by atoms with van der Waals surface area (Å²) in [6, 6.07) is 11.1. The quantitative estimate of drug-likeness (QED) is 0.796. The molecule has 2 aromatic rings. The Morgan fingerprint density at radius 3 is 2.27 bits per heavy atom. The van der Waals surface area contributed by atoms with E-state index in [1.54, 1.807) is 12.1 Å². The van der Waals surface area contributed by atoms with Crippen LogP contribution in [0, 0.1) is 13.8 Å². The van der Waals surface area contributed by atoms with E-state index in [-0.39, 0.29) is 4.90 Å². The first-order valence-corrected chi connectivity index (χ1v) is 10.3. The normalized spacial score (nSPS) is 15.9. The minimum atomic E-state index is -3.60. The molecule has 0 aromatic heterocycles. The summed E-state index contributed by atoms with van der Waals surface area (Å²) in [7, 11) is -2.10. The Bertz CT molecular complexity index is 907. The highest BCUT2D eigenvalue weighted by molar-refractivity contribution is 7.89. The lowest BCUT2D eigenvalue weighted by molar-refractivity contribution is 0.374. The standard InChI is InChI=1S/C19H23ClN2O3S/c1-14-11-18(25-3)19(12-15(14)2)26(23,24)22-9-7-21(8-10-22)17-6-4-5-16(20)13-17/h4-6,11-13H,7-10H2,1-3H3. The van der Waals surface area contributed by atoms with Crippen LogP contribution in [-0.2, 0) is 10.0 Å². The van der Waals surface area contributed by atoms with Gasteiger partial charge in [-0.1, -0.05) is 17.7 Å². The molecule has 3 rings (SSSR count). The van der Waals surface area contributed by atoms with Crippen molar-refractivity contribution in [3.63, 3.8) is 0 Å². The van der Waals surface area contributed by atoms with Gasteiger partial charge in [-0.3, -0.25) is 0 Å². The second-order valence-corrected chi connectivity index (χ2v) is 8.80. The average Bonchev–Trinajstić information content (AvgIpc) is 2.63. The topological polar surface area (TPSA) is 49.9 Å². The third kappa shape index (κ3) is 3.68. The SMILES string of the molecule is COc1cc(C)c(C)cc1S(=O)(=O)N1CCN(c2cccc(Cl)c2)CC1. The average molecular weight is 395 g/mol. The Balaban J connectivity index is 1.81. The van der Waals surface area contributed by atoms with Crippen molar-refractivity contribution in [1.29, 1.82) is 0 Å². The van der Waals surface area contributed by atoms with Gasteiger partial charge in [-0.15, -0.1) is 0 Å². The summed E-state index contributed by atoms with van der Waals surface area (Å²) < 4.78 is 33.1. The Hall–Kier alpha value is -1.76. The van der Waals surface area contributed by atoms with Gasteiger partial charge in [0.15, 0.2) is 0 Å². The predicted molar refractivity (Wildman–Crippen MR) is 105 cm³/mol. The van der Waals surface area contributed by atoms with Gasteiger partial charge in [-0.2, -0.15) is 4.31 Å². The molecular formula is C19H23ClN2O3S. The zero-order chi connectivity index (χ0) is 18.9. The molecular weight excluding hydrogens is 372 g/mol. The highest BCUT2D eigenvalue weighted by atomic mass is 35.5. The van der Waals surface area contributed by atoms with E-state index < -0.39 is 10.0 Å². The van der Waals surface area contributed by atoms with Gasteiger partial charge < -0.3 is 9.64 Å². The second kappa shape index (κ2) is 7.47. The Labute approximate surface area is 160 Å². The molecule has 5 nitrogen and oxygen atoms in total. The summed E-state index contributed by atoms with van der Waals surface area (Å²) in [5, 5.41) is 0.678. The maximum absolute atomic E-state index is 13.1. The molecule has 0 N–H and O–H groups in total. The summed E-state index contributed by atoms with van der Waals surface area (Å²) in [6.07, 6.45) is 0. The van der Waals surface area contributed by atoms with Crippen molar-refractivity contribution in [2.75, 3.05) is 38.2 Å². The number of nitrogens with zero attached hydrogens (tertiary/aromatic N) is 2. The van der Waals surface area contributed by atoms with E-state index >= 15 is 0 Å². The van der Waals surface area contributed by atoms with Crippen LogP contribution >= 0.6 is 11.6 Å². The molecule has 1 heterocycles. The third-order valence-corrected chi connectivity index (χ3v) is 6.96. The van der Waals surface area contributed by atoms with Crippen molar-refractivity contribution < 1.29 is 13.2 Å². The molecule has 1 saturated heterocycles. The van der Waals surface area contributed by atoms with E-state index in [9.17, 15) is 8.42 Å². The lowest BCUT2D eigenvalue weighted by Crippen LogP contribution is -2.48. The van der Waals surface area contributed by atoms with Crippen LogP contribution in [-0.4, -0.2) is 46.0 Å². The number of hydrogen-bond acceptors (Lipinski definition) is 4. The number of hydrogen-bond donors (Lipinski definition) is 0. The smallest absolute Gasteiger partial charge is 0.246 e. The van der Waals surface area contributed by atoms with Gasteiger partial charge in [0, 0.05) is 36.9 Å². The molecule has 1 fully saturated rings. The molecule has 0 radical (unpaired) electrons. The lowest BCUT2D eigenvalue weighted by Gasteiger charge is -2.35. The fourth-order valence-electron chi connectivity index (χ4n) is 3.12. The van der Waals surface area contributed by atoms with Gasteiger partial charge >= 0.3 is 0 Å². The zero-order valence-electron chi connectivity index (χ0n) is 15.2. The van der Waals surface area contributed by atoms with Crippen LogP contribution in [0.2, 0.25) is 5.02 Å². The first-order valence-electron chi connectivity index (χ1n) is 8.49. The largest absolute Gasteiger partial charge is 0.495 e. The predicted octanol–water partition coefficient (Wildman–Crippen LogP) is 3.48. The monoisotopic (exact) mass is 394 g/mol. The number of aryl methyl sites for hydroxylation is 2. The number of rotatable bonds is 4. The van der Waals surface area contributed by atoms with Crippen LogP contribution in [0.3, 0.4) is 0 Å². The van der Waals surface area contributed by atoms with Crippen molar-refractivity contribution in [1.82, 2.24) is 4.31 Å². The number of methoxy groups -OCH3 is 1. The molecule has 0 aliphatic carbocycles. The Morgan fingerprint density at radius 1 is 1.00 bits per heavy atom. The minimum absolute atomic E-state index is 0.235. The minimum Gasteiger partial charge on any atom is -0.495 e. The van der Waals surface area contributed by atoms with Crippen molar-refractivity contribution in [2.24, 2.45) is 0 Å². The van der Waals surface area contributed by atoms with E-state index in [1.807, 2.05) is 38.1 Å². The molecule has 0 atom stereocenters. The number of halogens is 1. The molecule has 7 heteroatoms. The van der Waals surface area contributed by atoms with Crippen LogP contribution in [0.1, 0.15) is 11.1 Å². The molecule has 0 bridgehead atoms. The molecule has 0 unspecified atom stereocenters. The van der Waals surface area contributed by atoms with Crippen LogP contribution < -0.4 is 9.64 Å². The maximum atomic E-state index is 13.1. The van der Waals surface area contributed by atoms with E-state index in [2.05, 4.69) is 4.90 Å². The highest BCUT2D eigenvalue weighted by Crippen LogP contribution is 2.31. The lowest BCUT2D eigenvalue weighted by atomic mass is 10.1. The molecule has 140 valence electrons. The number of sulfonamides is 1. The van der Waals surface area contributed by atoms with Crippen molar-refractivity contribution >= 4 is 27.3 Å². The molecule has 1 aliphatic heterocycles. The maximum Gasteiger partial charge on any atom is 0.246 e. The summed E-state index contributed by atoms with van der Waals surface area (Å²) >= 11 is 6.06. The zero-order valence-corrected chi connectivity index (χ0v) is 16.8. The van der Waals surface area contributed by atoms with Crippen molar-refractivity contribution in [3.05, 3.63) is 52.5 Å². The molecule has 0 saturated carbocycles. The van der Waals surface area contributed by atoms with E-state index in [1.165, 1.54) is 11.4 Å². The number of benzene rings is 2. The van der Waals surface area contributed by atoms with Gasteiger partial charge in [0.2, 0.25) is 10.0 Å². The molecule has 0 amide bonds. The van der Waals surface area contributed by atoms with Crippen molar-refractivity contribution in [2.45, 2.75) is 18.7 Å². The summed E-state index contributed by atoms with van der Waals surface area (Å²) in [4.78, 5) is 2.38. The first kappa shape index (κ1) is 19.0. The fraction of sp³-hybridized carbons (Fsp3) is 0.368. The van der Waals surface area contributed by atoms with Gasteiger partial charge in [0.1, 0.15) is 10.6 Å². The van der Waals surface area contributed by atoms with E-state index in [0.29, 0.717) is 37.0 Å². The number of anilines is 1. The van der Waals surface area contributed by atoms with Gasteiger partial charge in [0.25, 0.3) is 0 Å².